The van der Waals surface area contributed by atoms with Crippen LogP contribution >= 0.6 is 0 Å². The van der Waals surface area contributed by atoms with Crippen LogP contribution in [-0.4, -0.2) is 47.1 Å². The monoisotopic (exact) mass is 285 g/mol. The van der Waals surface area contributed by atoms with E-state index in [-0.39, 0.29) is 0 Å². The minimum absolute atomic E-state index is 0.585. The summed E-state index contributed by atoms with van der Waals surface area (Å²) in [7, 11) is 0. The lowest BCUT2D eigenvalue weighted by atomic mass is 10.0. The largest absolute Gasteiger partial charge is 0.480 e. The van der Waals surface area contributed by atoms with Crippen molar-refractivity contribution in [3.8, 4) is 0 Å². The van der Waals surface area contributed by atoms with Crippen molar-refractivity contribution in [2.75, 3.05) is 26.2 Å². The quantitative estimate of drug-likeness (QED) is 0.896. The summed E-state index contributed by atoms with van der Waals surface area (Å²) in [5, 5.41) is 13.9. The van der Waals surface area contributed by atoms with E-state index < -0.39 is 12.0 Å². The number of carbonyl (C=O) groups is 1. The number of hydrogen-bond acceptors (Lipinski definition) is 4. The lowest BCUT2D eigenvalue weighted by molar-refractivity contribution is -0.143. The summed E-state index contributed by atoms with van der Waals surface area (Å²) in [6, 6.07) is 9.11. The number of benzene rings is 1. The summed E-state index contributed by atoms with van der Waals surface area (Å²) in [5.74, 6) is -0.795. The molecule has 1 aliphatic heterocycles. The van der Waals surface area contributed by atoms with Crippen LogP contribution in [0.2, 0.25) is 0 Å². The van der Waals surface area contributed by atoms with Crippen LogP contribution in [0.3, 0.4) is 0 Å². The van der Waals surface area contributed by atoms with E-state index in [1.807, 2.05) is 42.2 Å². The van der Waals surface area contributed by atoms with Gasteiger partial charge in [-0.15, -0.1) is 0 Å². The van der Waals surface area contributed by atoms with Crippen LogP contribution in [0, 0.1) is 6.92 Å². The number of rotatable bonds is 3. The van der Waals surface area contributed by atoms with Gasteiger partial charge in [0.1, 0.15) is 6.04 Å². The van der Waals surface area contributed by atoms with E-state index in [1.165, 1.54) is 0 Å². The Hall–Kier alpha value is -1.98. The smallest absolute Gasteiger partial charge is 0.325 e. The maximum absolute atomic E-state index is 11.7. The Morgan fingerprint density at radius 3 is 2.76 bits per heavy atom. The van der Waals surface area contributed by atoms with E-state index in [2.05, 4.69) is 10.3 Å². The first-order valence-corrected chi connectivity index (χ1v) is 7.20. The summed E-state index contributed by atoms with van der Waals surface area (Å²) in [4.78, 5) is 18.2. The van der Waals surface area contributed by atoms with Crippen molar-refractivity contribution in [1.82, 2.24) is 15.2 Å². The zero-order valence-electron chi connectivity index (χ0n) is 12.0. The summed E-state index contributed by atoms with van der Waals surface area (Å²) in [6.45, 7) is 5.12. The van der Waals surface area contributed by atoms with Crippen molar-refractivity contribution in [3.05, 3.63) is 41.6 Å². The molecule has 1 aromatic heterocycles. The van der Waals surface area contributed by atoms with Gasteiger partial charge in [-0.3, -0.25) is 14.7 Å². The normalized spacial score (nSPS) is 17.8. The standard InChI is InChI=1S/C16H19N3O2/c1-11-2-3-12-10-13(4-5-14(12)18-11)15(16(20)21)19-8-6-17-7-9-19/h2-5,10,15,17H,6-9H2,1H3,(H,20,21). The number of nitrogens with one attached hydrogen (secondary N) is 1. The highest BCUT2D eigenvalue weighted by atomic mass is 16.4. The van der Waals surface area contributed by atoms with Gasteiger partial charge in [0.2, 0.25) is 0 Å². The number of aliphatic carboxylic acids is 1. The third-order valence-electron chi connectivity index (χ3n) is 3.92. The Morgan fingerprint density at radius 2 is 2.05 bits per heavy atom. The molecule has 3 rings (SSSR count). The predicted octanol–water partition coefficient (Wildman–Crippen LogP) is 1.57. The summed E-state index contributed by atoms with van der Waals surface area (Å²) >= 11 is 0. The van der Waals surface area contributed by atoms with Gasteiger partial charge in [0, 0.05) is 37.3 Å². The number of hydrogen-bond donors (Lipinski definition) is 2. The molecular weight excluding hydrogens is 266 g/mol. The fraction of sp³-hybridized carbons (Fsp3) is 0.375. The van der Waals surface area contributed by atoms with Crippen molar-refractivity contribution in [3.63, 3.8) is 0 Å². The van der Waals surface area contributed by atoms with Gasteiger partial charge in [-0.2, -0.15) is 0 Å². The SMILES string of the molecule is Cc1ccc2cc(C(C(=O)O)N3CCNCC3)ccc2n1. The molecule has 110 valence electrons. The minimum atomic E-state index is -0.795. The molecule has 1 saturated heterocycles. The van der Waals surface area contributed by atoms with E-state index in [0.717, 1.165) is 48.3 Å². The number of carboxylic acid groups (broad SMARTS) is 1. The fourth-order valence-corrected chi connectivity index (χ4v) is 2.87. The molecule has 2 aromatic rings. The third kappa shape index (κ3) is 2.89. The summed E-state index contributed by atoms with van der Waals surface area (Å²) in [6.07, 6.45) is 0. The lowest BCUT2D eigenvalue weighted by Gasteiger charge is -2.32. The highest BCUT2D eigenvalue weighted by molar-refractivity contribution is 5.82. The Labute approximate surface area is 123 Å². The maximum atomic E-state index is 11.7. The molecule has 21 heavy (non-hydrogen) atoms. The number of aryl methyl sites for hydroxylation is 1. The van der Waals surface area contributed by atoms with Crippen molar-refractivity contribution in [2.45, 2.75) is 13.0 Å². The number of carboxylic acids is 1. The topological polar surface area (TPSA) is 65.5 Å². The summed E-state index contributed by atoms with van der Waals surface area (Å²) in [5.41, 5.74) is 2.69. The van der Waals surface area contributed by atoms with Crippen LogP contribution in [0.15, 0.2) is 30.3 Å². The van der Waals surface area contributed by atoms with E-state index in [0.29, 0.717) is 0 Å². The number of fused-ring (bicyclic) bond motifs is 1. The van der Waals surface area contributed by atoms with E-state index >= 15 is 0 Å². The zero-order chi connectivity index (χ0) is 14.8. The molecule has 1 aliphatic rings. The molecule has 0 bridgehead atoms. The van der Waals surface area contributed by atoms with Crippen LogP contribution in [0.4, 0.5) is 0 Å². The second-order valence-corrected chi connectivity index (χ2v) is 5.43. The molecule has 1 aromatic carbocycles. The molecule has 0 spiro atoms. The predicted molar refractivity (Wildman–Crippen MR) is 81.3 cm³/mol. The van der Waals surface area contributed by atoms with Gasteiger partial charge < -0.3 is 10.4 Å². The average molecular weight is 285 g/mol. The summed E-state index contributed by atoms with van der Waals surface area (Å²) < 4.78 is 0. The first-order chi connectivity index (χ1) is 10.1. The second kappa shape index (κ2) is 5.79. The highest BCUT2D eigenvalue weighted by Gasteiger charge is 2.28. The van der Waals surface area contributed by atoms with Gasteiger partial charge in [-0.1, -0.05) is 12.1 Å². The first-order valence-electron chi connectivity index (χ1n) is 7.20. The van der Waals surface area contributed by atoms with E-state index in [1.54, 1.807) is 0 Å². The molecule has 5 heteroatoms. The fourth-order valence-electron chi connectivity index (χ4n) is 2.87. The average Bonchev–Trinajstić information content (AvgIpc) is 2.48. The Morgan fingerprint density at radius 1 is 1.29 bits per heavy atom. The highest BCUT2D eigenvalue weighted by Crippen LogP contribution is 2.25. The molecule has 0 radical (unpaired) electrons. The van der Waals surface area contributed by atoms with Crippen LogP contribution in [0.1, 0.15) is 17.3 Å². The van der Waals surface area contributed by atoms with Crippen LogP contribution in [0.5, 0.6) is 0 Å². The lowest BCUT2D eigenvalue weighted by Crippen LogP contribution is -2.47. The molecule has 1 atom stereocenters. The van der Waals surface area contributed by atoms with E-state index in [4.69, 9.17) is 0 Å². The van der Waals surface area contributed by atoms with Gasteiger partial charge in [0.15, 0.2) is 0 Å². The van der Waals surface area contributed by atoms with Crippen molar-refractivity contribution in [2.24, 2.45) is 0 Å². The third-order valence-corrected chi connectivity index (χ3v) is 3.92. The van der Waals surface area contributed by atoms with Gasteiger partial charge in [-0.05, 0) is 30.7 Å². The molecule has 1 fully saturated rings. The molecule has 2 heterocycles. The van der Waals surface area contributed by atoms with Gasteiger partial charge >= 0.3 is 5.97 Å². The van der Waals surface area contributed by atoms with Crippen LogP contribution in [0.25, 0.3) is 10.9 Å². The molecule has 0 amide bonds. The van der Waals surface area contributed by atoms with E-state index in [9.17, 15) is 9.90 Å². The number of nitrogens with zero attached hydrogens (tertiary/aromatic N) is 2. The maximum Gasteiger partial charge on any atom is 0.325 e. The van der Waals surface area contributed by atoms with Crippen LogP contribution in [-0.2, 0) is 4.79 Å². The Balaban J connectivity index is 1.98. The molecule has 2 N–H and O–H groups in total. The van der Waals surface area contributed by atoms with Gasteiger partial charge in [-0.25, -0.2) is 0 Å². The molecule has 1 unspecified atom stereocenters. The number of aromatic nitrogens is 1. The Bertz CT molecular complexity index is 666. The molecular formula is C16H19N3O2. The minimum Gasteiger partial charge on any atom is -0.480 e. The second-order valence-electron chi connectivity index (χ2n) is 5.43. The van der Waals surface area contributed by atoms with Gasteiger partial charge in [0.05, 0.1) is 5.52 Å². The molecule has 0 saturated carbocycles. The zero-order valence-corrected chi connectivity index (χ0v) is 12.0. The number of pyridine rings is 1. The van der Waals surface area contributed by atoms with Crippen LogP contribution < -0.4 is 5.32 Å². The molecule has 5 nitrogen and oxygen atoms in total. The number of piperazine rings is 1. The Kier molecular flexibility index (Phi) is 3.86. The van der Waals surface area contributed by atoms with Crippen molar-refractivity contribution in [1.29, 1.82) is 0 Å². The van der Waals surface area contributed by atoms with Crippen molar-refractivity contribution >= 4 is 16.9 Å². The molecule has 0 aliphatic carbocycles. The first kappa shape index (κ1) is 14.0. The van der Waals surface area contributed by atoms with Crippen molar-refractivity contribution < 1.29 is 9.90 Å². The van der Waals surface area contributed by atoms with Gasteiger partial charge in [0.25, 0.3) is 0 Å².